The Balaban J connectivity index is 1.66. The number of para-hydroxylation sites is 1. The van der Waals surface area contributed by atoms with Crippen LogP contribution < -0.4 is 0 Å². The third-order valence-corrected chi connectivity index (χ3v) is 6.80. The molecule has 0 amide bonds. The number of fused-ring (bicyclic) bond motifs is 2. The van der Waals surface area contributed by atoms with Crippen LogP contribution in [0.2, 0.25) is 0 Å². The van der Waals surface area contributed by atoms with Crippen molar-refractivity contribution in [1.82, 2.24) is 0 Å². The topological polar surface area (TPSA) is 56.5 Å². The number of aryl methyl sites for hydroxylation is 1. The predicted octanol–water partition coefficient (Wildman–Crippen LogP) is 6.04. The average molecular weight is 415 g/mol. The van der Waals surface area contributed by atoms with Gasteiger partial charge in [0.15, 0.2) is 0 Å². The van der Waals surface area contributed by atoms with Gasteiger partial charge in [-0.3, -0.25) is 0 Å². The van der Waals surface area contributed by atoms with Gasteiger partial charge in [0.05, 0.1) is 21.4 Å². The van der Waals surface area contributed by atoms with Crippen LogP contribution in [0.3, 0.4) is 0 Å². The molecule has 27 heavy (non-hydrogen) atoms. The van der Waals surface area contributed by atoms with Gasteiger partial charge >= 0.3 is 10.1 Å². The van der Waals surface area contributed by atoms with Crippen molar-refractivity contribution in [1.29, 1.82) is 0 Å². The lowest BCUT2D eigenvalue weighted by Gasteiger charge is -2.07. The second kappa shape index (κ2) is 7.09. The molecule has 4 nitrogen and oxygen atoms in total. The van der Waals surface area contributed by atoms with Crippen LogP contribution in [0.5, 0.6) is 0 Å². The van der Waals surface area contributed by atoms with E-state index in [1.807, 2.05) is 31.2 Å². The summed E-state index contributed by atoms with van der Waals surface area (Å²) in [5, 5.41) is 1.58. The van der Waals surface area contributed by atoms with E-state index >= 15 is 0 Å². The summed E-state index contributed by atoms with van der Waals surface area (Å²) in [5.74, 6) is 0. The van der Waals surface area contributed by atoms with Gasteiger partial charge in [-0.1, -0.05) is 42.0 Å². The maximum Gasteiger partial charge on any atom is 0.308 e. The highest BCUT2D eigenvalue weighted by atomic mass is 32.3. The third-order valence-electron chi connectivity index (χ3n) is 4.08. The minimum Gasteiger partial charge on any atom is -0.456 e. The normalized spacial score (nSPS) is 11.9. The van der Waals surface area contributed by atoms with Crippen molar-refractivity contribution in [2.45, 2.75) is 16.7 Å². The van der Waals surface area contributed by atoms with Crippen molar-refractivity contribution in [2.75, 3.05) is 0 Å². The molecule has 1 heterocycles. The van der Waals surface area contributed by atoms with Gasteiger partial charge in [-0.25, -0.2) is 0 Å². The largest absolute Gasteiger partial charge is 0.456 e. The molecule has 0 spiro atoms. The van der Waals surface area contributed by atoms with Crippen LogP contribution in [0.25, 0.3) is 21.9 Å². The van der Waals surface area contributed by atoms with E-state index in [9.17, 15) is 8.42 Å². The summed E-state index contributed by atoms with van der Waals surface area (Å²) >= 11 is 6.35. The van der Waals surface area contributed by atoms with E-state index in [1.165, 1.54) is 12.1 Å². The van der Waals surface area contributed by atoms with Gasteiger partial charge in [0.2, 0.25) is 0 Å². The fourth-order valence-corrected chi connectivity index (χ4v) is 4.74. The van der Waals surface area contributed by atoms with Gasteiger partial charge in [-0.05, 0) is 49.4 Å². The highest BCUT2D eigenvalue weighted by Crippen LogP contribution is 2.31. The van der Waals surface area contributed by atoms with Crippen LogP contribution >= 0.6 is 24.3 Å². The van der Waals surface area contributed by atoms with E-state index < -0.39 is 10.1 Å². The SMILES string of the molecule is Cc1ccc(S(=O)(=O)OSc2ccc3oc4ccccc4c(=S)c3c2)cc1. The fourth-order valence-electron chi connectivity index (χ4n) is 2.66. The maximum atomic E-state index is 12.3. The van der Waals surface area contributed by atoms with Gasteiger partial charge in [0, 0.05) is 15.7 Å². The molecular weight excluding hydrogens is 400 g/mol. The Labute approximate surface area is 166 Å². The third kappa shape index (κ3) is 3.64. The molecule has 0 fully saturated rings. The maximum absolute atomic E-state index is 12.3. The molecule has 7 heteroatoms. The molecule has 1 aromatic heterocycles. The van der Waals surface area contributed by atoms with E-state index in [1.54, 1.807) is 30.3 Å². The highest BCUT2D eigenvalue weighted by Gasteiger charge is 2.16. The molecule has 0 unspecified atom stereocenters. The monoisotopic (exact) mass is 414 g/mol. The lowest BCUT2D eigenvalue weighted by Crippen LogP contribution is -2.01. The molecule has 4 rings (SSSR count). The standard InChI is InChI=1S/C20H14O4S3/c1-13-6-9-15(10-7-13)27(21,22)24-26-14-8-11-19-17(12-14)20(25)16-4-2-3-5-18(16)23-19/h2-12H,1H3. The molecule has 3 aromatic carbocycles. The Morgan fingerprint density at radius 1 is 0.926 bits per heavy atom. The first kappa shape index (κ1) is 18.2. The van der Waals surface area contributed by atoms with E-state index in [0.29, 0.717) is 20.6 Å². The van der Waals surface area contributed by atoms with Crippen LogP contribution in [-0.2, 0) is 13.7 Å². The van der Waals surface area contributed by atoms with Gasteiger partial charge in [-0.15, -0.1) is 0 Å². The van der Waals surface area contributed by atoms with Crippen LogP contribution in [0.1, 0.15) is 5.56 Å². The average Bonchev–Trinajstić information content (AvgIpc) is 2.67. The second-order valence-electron chi connectivity index (χ2n) is 6.00. The minimum atomic E-state index is -3.86. The van der Waals surface area contributed by atoms with Crippen molar-refractivity contribution in [3.63, 3.8) is 0 Å². The van der Waals surface area contributed by atoms with E-state index in [4.69, 9.17) is 20.3 Å². The molecule has 0 aliphatic rings. The first-order valence-electron chi connectivity index (χ1n) is 8.07. The van der Waals surface area contributed by atoms with Crippen molar-refractivity contribution in [2.24, 2.45) is 0 Å². The lowest BCUT2D eigenvalue weighted by atomic mass is 10.1. The molecule has 136 valence electrons. The van der Waals surface area contributed by atoms with E-state index in [2.05, 4.69) is 0 Å². The zero-order valence-corrected chi connectivity index (χ0v) is 16.7. The van der Waals surface area contributed by atoms with Crippen molar-refractivity contribution in [3.05, 3.63) is 76.8 Å². The Hall–Kier alpha value is -2.19. The molecule has 0 N–H and O–H groups in total. The summed E-state index contributed by atoms with van der Waals surface area (Å²) < 4.78 is 36.4. The summed E-state index contributed by atoms with van der Waals surface area (Å²) in [6, 6.07) is 19.4. The molecule has 4 aromatic rings. The predicted molar refractivity (Wildman–Crippen MR) is 110 cm³/mol. The van der Waals surface area contributed by atoms with Crippen LogP contribution in [0.4, 0.5) is 0 Å². The van der Waals surface area contributed by atoms with Crippen molar-refractivity contribution >= 4 is 56.3 Å². The van der Waals surface area contributed by atoms with Gasteiger partial charge in [0.1, 0.15) is 11.2 Å². The molecule has 0 aliphatic heterocycles. The Morgan fingerprint density at radius 2 is 1.63 bits per heavy atom. The zero-order valence-electron chi connectivity index (χ0n) is 14.2. The number of rotatable bonds is 4. The Morgan fingerprint density at radius 3 is 2.41 bits per heavy atom. The van der Waals surface area contributed by atoms with Gasteiger partial charge < -0.3 is 4.42 Å². The quantitative estimate of drug-likeness (QED) is 0.231. The van der Waals surface area contributed by atoms with E-state index in [0.717, 1.165) is 28.4 Å². The molecule has 0 bridgehead atoms. The molecule has 0 radical (unpaired) electrons. The number of hydrogen-bond acceptors (Lipinski definition) is 6. The zero-order chi connectivity index (χ0) is 19.0. The summed E-state index contributed by atoms with van der Waals surface area (Å²) in [4.78, 5) is 0.737. The van der Waals surface area contributed by atoms with Crippen LogP contribution in [-0.4, -0.2) is 8.42 Å². The number of benzene rings is 3. The highest BCUT2D eigenvalue weighted by molar-refractivity contribution is 8.04. The van der Waals surface area contributed by atoms with Crippen molar-refractivity contribution < 1.29 is 16.5 Å². The summed E-state index contributed by atoms with van der Waals surface area (Å²) in [6.07, 6.45) is 0. The summed E-state index contributed by atoms with van der Waals surface area (Å²) in [6.45, 7) is 1.89. The lowest BCUT2D eigenvalue weighted by molar-refractivity contribution is 0.518. The van der Waals surface area contributed by atoms with Gasteiger partial charge in [-0.2, -0.15) is 12.0 Å². The first-order valence-corrected chi connectivity index (χ1v) is 10.6. The fraction of sp³-hybridized carbons (Fsp3) is 0.0500. The first-order chi connectivity index (χ1) is 12.9. The summed E-state index contributed by atoms with van der Waals surface area (Å²) in [7, 11) is -3.86. The smallest absolute Gasteiger partial charge is 0.308 e. The van der Waals surface area contributed by atoms with Crippen LogP contribution in [0, 0.1) is 11.4 Å². The van der Waals surface area contributed by atoms with Crippen molar-refractivity contribution in [3.8, 4) is 0 Å². The second-order valence-corrected chi connectivity index (χ2v) is 8.97. The minimum absolute atomic E-state index is 0.117. The van der Waals surface area contributed by atoms with E-state index in [-0.39, 0.29) is 4.90 Å². The summed E-state index contributed by atoms with van der Waals surface area (Å²) in [5.41, 5.74) is 2.34. The molecule has 0 atom stereocenters. The Kier molecular flexibility index (Phi) is 4.77. The molecular formula is C20H14O4S3. The van der Waals surface area contributed by atoms with Gasteiger partial charge in [0.25, 0.3) is 0 Å². The number of hydrogen-bond donors (Lipinski definition) is 0. The molecule has 0 saturated heterocycles. The Bertz CT molecular complexity index is 1310. The molecule has 0 aliphatic carbocycles. The molecule has 0 saturated carbocycles. The van der Waals surface area contributed by atoms with Crippen LogP contribution in [0.15, 0.2) is 80.9 Å².